The van der Waals surface area contributed by atoms with Crippen LogP contribution in [0.1, 0.15) is 43.3 Å². The van der Waals surface area contributed by atoms with Gasteiger partial charge in [-0.1, -0.05) is 69.3 Å². The number of H-pyrrole nitrogens is 1. The Morgan fingerprint density at radius 1 is 0.875 bits per heavy atom. The van der Waals surface area contributed by atoms with E-state index in [4.69, 9.17) is 0 Å². The molecule has 0 unspecified atom stereocenters. The van der Waals surface area contributed by atoms with Gasteiger partial charge in [0.25, 0.3) is 0 Å². The van der Waals surface area contributed by atoms with Gasteiger partial charge in [-0.25, -0.2) is 4.98 Å². The highest BCUT2D eigenvalue weighted by atomic mass is 19.4. The molecule has 164 valence electrons. The summed E-state index contributed by atoms with van der Waals surface area (Å²) in [5, 5.41) is 10.1. The lowest BCUT2D eigenvalue weighted by Crippen LogP contribution is -2.10. The number of aromatic amines is 1. The van der Waals surface area contributed by atoms with E-state index in [-0.39, 0.29) is 27.8 Å². The Labute approximate surface area is 184 Å². The normalized spacial score (nSPS) is 12.7. The number of rotatable bonds is 3. The molecular formula is C26H23F3N2O. The van der Waals surface area contributed by atoms with Gasteiger partial charge < -0.3 is 10.1 Å². The predicted octanol–water partition coefficient (Wildman–Crippen LogP) is 7.42. The minimum atomic E-state index is -4.58. The van der Waals surface area contributed by atoms with Crippen LogP contribution in [0.4, 0.5) is 13.2 Å². The van der Waals surface area contributed by atoms with Gasteiger partial charge in [-0.15, -0.1) is 0 Å². The number of alkyl halides is 3. The van der Waals surface area contributed by atoms with Gasteiger partial charge >= 0.3 is 6.18 Å². The molecule has 1 heterocycles. The van der Waals surface area contributed by atoms with Crippen molar-refractivity contribution in [2.45, 2.75) is 32.4 Å². The molecule has 6 heteroatoms. The second-order valence-corrected chi connectivity index (χ2v) is 8.76. The van der Waals surface area contributed by atoms with Gasteiger partial charge in [0.05, 0.1) is 16.6 Å². The van der Waals surface area contributed by atoms with E-state index in [1.165, 1.54) is 23.8 Å². The first-order chi connectivity index (χ1) is 15.0. The number of imidazole rings is 1. The van der Waals surface area contributed by atoms with Crippen molar-refractivity contribution >= 4 is 23.2 Å². The van der Waals surface area contributed by atoms with Crippen LogP contribution in [0.25, 0.3) is 34.3 Å². The van der Waals surface area contributed by atoms with Gasteiger partial charge in [0, 0.05) is 5.56 Å². The number of phenols is 1. The first kappa shape index (κ1) is 21.7. The van der Waals surface area contributed by atoms with Crippen LogP contribution in [0.15, 0.2) is 60.7 Å². The van der Waals surface area contributed by atoms with Crippen LogP contribution in [0, 0.1) is 0 Å². The molecule has 3 nitrogen and oxygen atoms in total. The van der Waals surface area contributed by atoms with Crippen molar-refractivity contribution in [2.75, 3.05) is 0 Å². The number of halogens is 3. The van der Waals surface area contributed by atoms with E-state index >= 15 is 0 Å². The monoisotopic (exact) mass is 436 g/mol. The van der Waals surface area contributed by atoms with E-state index in [1.54, 1.807) is 18.2 Å². The lowest BCUT2D eigenvalue weighted by atomic mass is 9.87. The van der Waals surface area contributed by atoms with Crippen molar-refractivity contribution in [2.24, 2.45) is 0 Å². The molecule has 0 aliphatic rings. The molecule has 1 aromatic heterocycles. The van der Waals surface area contributed by atoms with Crippen LogP contribution in [-0.4, -0.2) is 15.1 Å². The smallest absolute Gasteiger partial charge is 0.417 e. The molecule has 0 aliphatic carbocycles. The SMILES string of the molecule is CC(C)(C)c1ccc(C=Cc2nc3cc(-c4ccccc4O)c(C(F)(F)F)cc3[nH]2)cc1. The number of para-hydroxylation sites is 1. The Morgan fingerprint density at radius 3 is 2.19 bits per heavy atom. The van der Waals surface area contributed by atoms with Crippen molar-refractivity contribution in [1.29, 1.82) is 0 Å². The number of aromatic nitrogens is 2. The Morgan fingerprint density at radius 2 is 1.56 bits per heavy atom. The maximum Gasteiger partial charge on any atom is 0.417 e. The molecule has 0 saturated carbocycles. The number of nitrogens with zero attached hydrogens (tertiary/aromatic N) is 1. The minimum Gasteiger partial charge on any atom is -0.507 e. The van der Waals surface area contributed by atoms with Gasteiger partial charge in [-0.05, 0) is 46.4 Å². The third-order valence-corrected chi connectivity index (χ3v) is 5.35. The fourth-order valence-corrected chi connectivity index (χ4v) is 3.58. The molecule has 0 fully saturated rings. The number of phenolic OH excluding ortho intramolecular Hbond substituents is 1. The van der Waals surface area contributed by atoms with Crippen LogP contribution in [-0.2, 0) is 11.6 Å². The van der Waals surface area contributed by atoms with Gasteiger partial charge in [-0.3, -0.25) is 0 Å². The first-order valence-electron chi connectivity index (χ1n) is 10.2. The highest BCUT2D eigenvalue weighted by Gasteiger charge is 2.35. The van der Waals surface area contributed by atoms with Gasteiger partial charge in [0.15, 0.2) is 0 Å². The highest BCUT2D eigenvalue weighted by molar-refractivity contribution is 5.87. The Hall–Kier alpha value is -3.54. The zero-order chi connectivity index (χ0) is 23.1. The van der Waals surface area contributed by atoms with E-state index in [2.05, 4.69) is 42.9 Å². The van der Waals surface area contributed by atoms with Crippen LogP contribution in [0.5, 0.6) is 5.75 Å². The molecule has 4 aromatic rings. The van der Waals surface area contributed by atoms with E-state index in [9.17, 15) is 18.3 Å². The third-order valence-electron chi connectivity index (χ3n) is 5.35. The first-order valence-corrected chi connectivity index (χ1v) is 10.2. The summed E-state index contributed by atoms with van der Waals surface area (Å²) in [6, 6.07) is 16.5. The molecule has 32 heavy (non-hydrogen) atoms. The molecule has 0 spiro atoms. The van der Waals surface area contributed by atoms with Crippen LogP contribution in [0.3, 0.4) is 0 Å². The van der Waals surface area contributed by atoms with Crippen molar-refractivity contribution in [3.05, 3.63) is 83.2 Å². The van der Waals surface area contributed by atoms with Crippen molar-refractivity contribution in [3.63, 3.8) is 0 Å². The van der Waals surface area contributed by atoms with Crippen molar-refractivity contribution < 1.29 is 18.3 Å². The number of nitrogens with one attached hydrogen (secondary N) is 1. The number of aromatic hydroxyl groups is 1. The third kappa shape index (κ3) is 4.40. The summed E-state index contributed by atoms with van der Waals surface area (Å²) in [6.45, 7) is 6.43. The van der Waals surface area contributed by atoms with Crippen molar-refractivity contribution in [1.82, 2.24) is 9.97 Å². The standard InChI is InChI=1S/C26H23F3N2O/c1-25(2,3)17-11-8-16(9-12-17)10-13-24-30-21-14-19(18-6-4-5-7-23(18)32)20(26(27,28)29)15-22(21)31-24/h4-15,32H,1-3H3,(H,30,31). The summed E-state index contributed by atoms with van der Waals surface area (Å²) in [6.07, 6.45) is -0.987. The Balaban J connectivity index is 1.73. The van der Waals surface area contributed by atoms with Crippen LogP contribution in [0.2, 0.25) is 0 Å². The van der Waals surface area contributed by atoms with E-state index in [0.29, 0.717) is 11.3 Å². The summed E-state index contributed by atoms with van der Waals surface area (Å²) >= 11 is 0. The van der Waals surface area contributed by atoms with E-state index in [1.807, 2.05) is 18.2 Å². The average Bonchev–Trinajstić information content (AvgIpc) is 3.13. The number of hydrogen-bond acceptors (Lipinski definition) is 2. The Kier molecular flexibility index (Phi) is 5.33. The molecule has 0 atom stereocenters. The molecule has 0 aliphatic heterocycles. The van der Waals surface area contributed by atoms with Crippen LogP contribution >= 0.6 is 0 Å². The topological polar surface area (TPSA) is 48.9 Å². The molecule has 0 saturated heterocycles. The number of hydrogen-bond donors (Lipinski definition) is 2. The second-order valence-electron chi connectivity index (χ2n) is 8.76. The lowest BCUT2D eigenvalue weighted by Gasteiger charge is -2.18. The summed E-state index contributed by atoms with van der Waals surface area (Å²) in [5.74, 6) is 0.231. The largest absolute Gasteiger partial charge is 0.507 e. The Bertz CT molecular complexity index is 1290. The zero-order valence-electron chi connectivity index (χ0n) is 18.0. The molecule has 2 N–H and O–H groups in total. The molecular weight excluding hydrogens is 413 g/mol. The summed E-state index contributed by atoms with van der Waals surface area (Å²) in [4.78, 5) is 7.38. The molecule has 0 radical (unpaired) electrons. The molecule has 0 bridgehead atoms. The second kappa shape index (κ2) is 7.86. The maximum absolute atomic E-state index is 13.8. The predicted molar refractivity (Wildman–Crippen MR) is 122 cm³/mol. The van der Waals surface area contributed by atoms with Crippen LogP contribution < -0.4 is 0 Å². The maximum atomic E-state index is 13.8. The number of benzene rings is 3. The molecule has 3 aromatic carbocycles. The zero-order valence-corrected chi connectivity index (χ0v) is 18.0. The summed E-state index contributed by atoms with van der Waals surface area (Å²) < 4.78 is 41.3. The lowest BCUT2D eigenvalue weighted by molar-refractivity contribution is -0.137. The minimum absolute atomic E-state index is 0.0576. The van der Waals surface area contributed by atoms with Gasteiger partial charge in [-0.2, -0.15) is 13.2 Å². The summed E-state index contributed by atoms with van der Waals surface area (Å²) in [7, 11) is 0. The highest BCUT2D eigenvalue weighted by Crippen LogP contribution is 2.41. The van der Waals surface area contributed by atoms with Gasteiger partial charge in [0.2, 0.25) is 0 Å². The fraction of sp³-hybridized carbons (Fsp3) is 0.192. The number of fused-ring (bicyclic) bond motifs is 1. The fourth-order valence-electron chi connectivity index (χ4n) is 3.58. The molecule has 4 rings (SSSR count). The molecule has 0 amide bonds. The van der Waals surface area contributed by atoms with E-state index in [0.717, 1.165) is 11.6 Å². The van der Waals surface area contributed by atoms with Crippen molar-refractivity contribution in [3.8, 4) is 16.9 Å². The quantitative estimate of drug-likeness (QED) is 0.351. The van der Waals surface area contributed by atoms with Gasteiger partial charge in [0.1, 0.15) is 11.6 Å². The van der Waals surface area contributed by atoms with E-state index < -0.39 is 11.7 Å². The average molecular weight is 436 g/mol. The summed E-state index contributed by atoms with van der Waals surface area (Å²) in [5.41, 5.74) is 2.08.